The average Bonchev–Trinajstić information content (AvgIpc) is 2.41. The van der Waals surface area contributed by atoms with E-state index in [9.17, 15) is 8.78 Å². The first-order valence-electron chi connectivity index (χ1n) is 6.71. The van der Waals surface area contributed by atoms with Crippen LogP contribution in [0.2, 0.25) is 0 Å². The van der Waals surface area contributed by atoms with E-state index >= 15 is 0 Å². The molecule has 2 rings (SSSR count). The van der Waals surface area contributed by atoms with Crippen molar-refractivity contribution in [2.24, 2.45) is 5.10 Å². The van der Waals surface area contributed by atoms with Crippen LogP contribution in [0.25, 0.3) is 0 Å². The minimum Gasteiger partial charge on any atom is -0.435 e. The van der Waals surface area contributed by atoms with Crippen molar-refractivity contribution >= 4 is 5.71 Å². The third-order valence-corrected chi connectivity index (χ3v) is 3.38. The van der Waals surface area contributed by atoms with Gasteiger partial charge in [0.15, 0.2) is 0 Å². The zero-order chi connectivity index (χ0) is 14.5. The lowest BCUT2D eigenvalue weighted by Gasteiger charge is -2.28. The Bertz CT molecular complexity index is 454. The predicted molar refractivity (Wildman–Crippen MR) is 73.5 cm³/mol. The van der Waals surface area contributed by atoms with Crippen LogP contribution < -0.4 is 9.64 Å². The molecule has 1 saturated heterocycles. The molecule has 0 aliphatic carbocycles. The Morgan fingerprint density at radius 3 is 2.40 bits per heavy atom. The fourth-order valence-electron chi connectivity index (χ4n) is 2.12. The Balaban J connectivity index is 1.99. The SMILES string of the molecule is C/C(=N/N1CC[NH+](C)CC1)c1ccc(OC(F)F)cc1. The van der Waals surface area contributed by atoms with Crippen molar-refractivity contribution in [2.75, 3.05) is 33.2 Å². The van der Waals surface area contributed by atoms with E-state index in [1.54, 1.807) is 12.1 Å². The first kappa shape index (κ1) is 14.7. The lowest BCUT2D eigenvalue weighted by Crippen LogP contribution is -3.11. The number of hydrogen-bond acceptors (Lipinski definition) is 3. The van der Waals surface area contributed by atoms with Crippen LogP contribution in [0.15, 0.2) is 29.4 Å². The minimum absolute atomic E-state index is 0.166. The van der Waals surface area contributed by atoms with Crippen LogP contribution in [0.3, 0.4) is 0 Å². The molecule has 1 aromatic carbocycles. The number of quaternary nitrogens is 1. The molecule has 0 bridgehead atoms. The number of hydrogen-bond donors (Lipinski definition) is 1. The molecule has 0 atom stereocenters. The van der Waals surface area contributed by atoms with Gasteiger partial charge in [0.05, 0.1) is 38.9 Å². The molecular formula is C14H20F2N3O+. The maximum atomic E-state index is 12.1. The summed E-state index contributed by atoms with van der Waals surface area (Å²) in [4.78, 5) is 1.52. The van der Waals surface area contributed by atoms with Gasteiger partial charge in [-0.25, -0.2) is 0 Å². The summed E-state index contributed by atoms with van der Waals surface area (Å²) < 4.78 is 28.5. The summed E-state index contributed by atoms with van der Waals surface area (Å²) >= 11 is 0. The molecule has 0 unspecified atom stereocenters. The van der Waals surface area contributed by atoms with Crippen molar-refractivity contribution in [3.63, 3.8) is 0 Å². The number of alkyl halides is 2. The smallest absolute Gasteiger partial charge is 0.387 e. The predicted octanol–water partition coefficient (Wildman–Crippen LogP) is 0.842. The molecule has 0 spiro atoms. The molecule has 6 heteroatoms. The number of nitrogens with one attached hydrogen (secondary N) is 1. The van der Waals surface area contributed by atoms with Gasteiger partial charge in [-0.3, -0.25) is 5.01 Å². The highest BCUT2D eigenvalue weighted by Crippen LogP contribution is 2.15. The second kappa shape index (κ2) is 6.65. The highest BCUT2D eigenvalue weighted by Gasteiger charge is 2.15. The molecule has 0 radical (unpaired) electrons. The Hall–Kier alpha value is -1.69. The summed E-state index contributed by atoms with van der Waals surface area (Å²) in [5, 5.41) is 6.64. The van der Waals surface area contributed by atoms with E-state index in [1.165, 1.54) is 17.0 Å². The first-order valence-corrected chi connectivity index (χ1v) is 6.71. The molecule has 1 aliphatic rings. The molecule has 110 valence electrons. The summed E-state index contributed by atoms with van der Waals surface area (Å²) in [6, 6.07) is 6.57. The number of ether oxygens (including phenoxy) is 1. The molecule has 1 fully saturated rings. The van der Waals surface area contributed by atoms with Gasteiger partial charge in [0.1, 0.15) is 5.75 Å². The third-order valence-electron chi connectivity index (χ3n) is 3.38. The van der Waals surface area contributed by atoms with E-state index in [0.29, 0.717) is 0 Å². The Morgan fingerprint density at radius 2 is 1.85 bits per heavy atom. The van der Waals surface area contributed by atoms with Crippen LogP contribution in [-0.2, 0) is 0 Å². The highest BCUT2D eigenvalue weighted by molar-refractivity contribution is 5.98. The fraction of sp³-hybridized carbons (Fsp3) is 0.500. The third kappa shape index (κ3) is 4.16. The van der Waals surface area contributed by atoms with Crippen LogP contribution in [0.5, 0.6) is 5.75 Å². The van der Waals surface area contributed by atoms with Crippen LogP contribution in [0, 0.1) is 0 Å². The maximum absolute atomic E-state index is 12.1. The van der Waals surface area contributed by atoms with E-state index in [-0.39, 0.29) is 5.75 Å². The van der Waals surface area contributed by atoms with Crippen LogP contribution >= 0.6 is 0 Å². The van der Waals surface area contributed by atoms with Crippen LogP contribution in [0.4, 0.5) is 8.78 Å². The van der Waals surface area contributed by atoms with Crippen LogP contribution in [-0.4, -0.2) is 50.6 Å². The van der Waals surface area contributed by atoms with Gasteiger partial charge in [-0.1, -0.05) is 0 Å². The summed E-state index contributed by atoms with van der Waals surface area (Å²) in [6.07, 6.45) is 0. The standard InChI is InChI=1S/C14H19F2N3O/c1-11(17-19-9-7-18(2)8-10-19)12-3-5-13(6-4-12)20-14(15)16/h3-6,14H,7-10H2,1-2H3/p+1/b17-11-. The van der Waals surface area contributed by atoms with Gasteiger partial charge in [0.2, 0.25) is 0 Å². The number of benzene rings is 1. The number of piperazine rings is 1. The minimum atomic E-state index is -2.79. The largest absolute Gasteiger partial charge is 0.435 e. The molecule has 4 nitrogen and oxygen atoms in total. The number of halogens is 2. The maximum Gasteiger partial charge on any atom is 0.387 e. The lowest BCUT2D eigenvalue weighted by molar-refractivity contribution is -0.884. The second-order valence-corrected chi connectivity index (χ2v) is 5.00. The normalized spacial score (nSPS) is 17.6. The van der Waals surface area contributed by atoms with Crippen LogP contribution in [0.1, 0.15) is 12.5 Å². The molecule has 0 saturated carbocycles. The first-order chi connectivity index (χ1) is 9.54. The van der Waals surface area contributed by atoms with Crippen molar-refractivity contribution in [2.45, 2.75) is 13.5 Å². The Morgan fingerprint density at radius 1 is 1.25 bits per heavy atom. The zero-order valence-electron chi connectivity index (χ0n) is 11.8. The quantitative estimate of drug-likeness (QED) is 0.830. The van der Waals surface area contributed by atoms with E-state index in [4.69, 9.17) is 0 Å². The molecule has 0 amide bonds. The monoisotopic (exact) mass is 284 g/mol. The Kier molecular flexibility index (Phi) is 4.89. The van der Waals surface area contributed by atoms with E-state index < -0.39 is 6.61 Å². The summed E-state index contributed by atoms with van der Waals surface area (Å²) in [7, 11) is 2.18. The van der Waals surface area contributed by atoms with E-state index in [0.717, 1.165) is 37.5 Å². The van der Waals surface area contributed by atoms with Gasteiger partial charge in [-0.15, -0.1) is 0 Å². The molecule has 1 aromatic rings. The van der Waals surface area contributed by atoms with E-state index in [1.807, 2.05) is 6.92 Å². The molecule has 20 heavy (non-hydrogen) atoms. The number of nitrogens with zero attached hydrogens (tertiary/aromatic N) is 2. The van der Waals surface area contributed by atoms with Gasteiger partial charge in [0.25, 0.3) is 0 Å². The molecule has 1 N–H and O–H groups in total. The van der Waals surface area contributed by atoms with Gasteiger partial charge < -0.3 is 9.64 Å². The van der Waals surface area contributed by atoms with Gasteiger partial charge in [0, 0.05) is 0 Å². The average molecular weight is 284 g/mol. The highest BCUT2D eigenvalue weighted by atomic mass is 19.3. The fourth-order valence-corrected chi connectivity index (χ4v) is 2.12. The summed E-state index contributed by atoms with van der Waals surface area (Å²) in [5.74, 6) is 0.166. The van der Waals surface area contributed by atoms with Gasteiger partial charge in [-0.2, -0.15) is 13.9 Å². The molecule has 0 aromatic heterocycles. The zero-order valence-corrected chi connectivity index (χ0v) is 11.8. The summed E-state index contributed by atoms with van der Waals surface area (Å²) in [6.45, 7) is 3.18. The van der Waals surface area contributed by atoms with Crippen molar-refractivity contribution in [3.05, 3.63) is 29.8 Å². The number of likely N-dealkylation sites (N-methyl/N-ethyl adjacent to an activating group) is 1. The molecule has 1 aliphatic heterocycles. The Labute approximate surface area is 117 Å². The van der Waals surface area contributed by atoms with Gasteiger partial charge >= 0.3 is 6.61 Å². The summed E-state index contributed by atoms with van der Waals surface area (Å²) in [5.41, 5.74) is 1.80. The number of hydrazone groups is 1. The van der Waals surface area contributed by atoms with Gasteiger partial charge in [-0.05, 0) is 36.8 Å². The van der Waals surface area contributed by atoms with Crippen molar-refractivity contribution in [1.29, 1.82) is 0 Å². The molecular weight excluding hydrogens is 264 g/mol. The number of rotatable bonds is 4. The van der Waals surface area contributed by atoms with E-state index in [2.05, 4.69) is 21.9 Å². The lowest BCUT2D eigenvalue weighted by atomic mass is 10.1. The van der Waals surface area contributed by atoms with Crippen molar-refractivity contribution < 1.29 is 18.4 Å². The topological polar surface area (TPSA) is 29.3 Å². The van der Waals surface area contributed by atoms with Crippen molar-refractivity contribution in [1.82, 2.24) is 5.01 Å². The molecule has 1 heterocycles. The second-order valence-electron chi connectivity index (χ2n) is 5.00. The van der Waals surface area contributed by atoms with Crippen molar-refractivity contribution in [3.8, 4) is 5.75 Å².